The average Bonchev–Trinajstić information content (AvgIpc) is 3.23. The molecule has 0 spiro atoms. The summed E-state index contributed by atoms with van der Waals surface area (Å²) in [5.74, 6) is 0. The Hall–Kier alpha value is -1.73. The molecule has 0 atom stereocenters. The van der Waals surface area contributed by atoms with E-state index < -0.39 is 0 Å². The summed E-state index contributed by atoms with van der Waals surface area (Å²) >= 11 is 15.1. The molecule has 0 aliphatic rings. The molecule has 0 saturated heterocycles. The lowest BCUT2D eigenvalue weighted by atomic mass is 10.2. The monoisotopic (exact) mass is 407 g/mol. The Balaban J connectivity index is 1.90. The van der Waals surface area contributed by atoms with Crippen LogP contribution in [-0.4, -0.2) is 14.8 Å². The van der Waals surface area contributed by atoms with Crippen LogP contribution >= 0.6 is 45.9 Å². The van der Waals surface area contributed by atoms with E-state index >= 15 is 0 Å². The third kappa shape index (κ3) is 3.11. The van der Waals surface area contributed by atoms with Crippen LogP contribution in [0.2, 0.25) is 10.0 Å². The highest BCUT2D eigenvalue weighted by Gasteiger charge is 2.17. The van der Waals surface area contributed by atoms with E-state index in [1.54, 1.807) is 23.5 Å². The first kappa shape index (κ1) is 16.7. The molecular formula is C17H11Cl2N3OS2. The maximum atomic E-state index is 12.8. The fourth-order valence-corrected chi connectivity index (χ4v) is 4.57. The highest BCUT2D eigenvalue weighted by atomic mass is 35.5. The van der Waals surface area contributed by atoms with Gasteiger partial charge in [0.15, 0.2) is 5.52 Å². The van der Waals surface area contributed by atoms with Crippen molar-refractivity contribution in [3.05, 3.63) is 66.7 Å². The minimum absolute atomic E-state index is 0.203. The Kier molecular flexibility index (Phi) is 4.37. The first-order valence-electron chi connectivity index (χ1n) is 7.39. The molecule has 3 heterocycles. The van der Waals surface area contributed by atoms with E-state index in [0.717, 1.165) is 25.8 Å². The molecule has 0 unspecified atom stereocenters. The Labute approximate surface area is 161 Å². The fourth-order valence-electron chi connectivity index (χ4n) is 2.56. The van der Waals surface area contributed by atoms with E-state index in [1.165, 1.54) is 16.0 Å². The van der Waals surface area contributed by atoms with Crippen LogP contribution in [0.25, 0.3) is 20.8 Å². The predicted octanol–water partition coefficient (Wildman–Crippen LogP) is 5.25. The number of aryl methyl sites for hydroxylation is 1. The van der Waals surface area contributed by atoms with Gasteiger partial charge in [0.25, 0.3) is 5.56 Å². The second-order valence-electron chi connectivity index (χ2n) is 5.45. The number of fused-ring (bicyclic) bond motifs is 1. The van der Waals surface area contributed by atoms with Crippen molar-refractivity contribution in [3.8, 4) is 10.6 Å². The standard InChI is InChI=1S/C17H11Cl2N3OS2/c1-9-20-15-16(25-9)14(13-3-2-6-24-13)21-22(17(15)23)8-10-4-5-11(18)12(19)7-10/h2-7H,8H2,1H3. The number of nitrogens with zero attached hydrogens (tertiary/aromatic N) is 3. The lowest BCUT2D eigenvalue weighted by molar-refractivity contribution is 0.650. The normalized spacial score (nSPS) is 11.3. The summed E-state index contributed by atoms with van der Waals surface area (Å²) in [5.41, 5.74) is 1.90. The molecule has 0 radical (unpaired) electrons. The van der Waals surface area contributed by atoms with Gasteiger partial charge in [-0.15, -0.1) is 22.7 Å². The van der Waals surface area contributed by atoms with Crippen LogP contribution in [0.4, 0.5) is 0 Å². The Morgan fingerprint density at radius 1 is 1.20 bits per heavy atom. The predicted molar refractivity (Wildman–Crippen MR) is 105 cm³/mol. The van der Waals surface area contributed by atoms with Crippen LogP contribution < -0.4 is 5.56 Å². The van der Waals surface area contributed by atoms with E-state index in [-0.39, 0.29) is 5.56 Å². The molecule has 1 aromatic carbocycles. The lowest BCUT2D eigenvalue weighted by Crippen LogP contribution is -2.24. The molecule has 126 valence electrons. The number of benzene rings is 1. The highest BCUT2D eigenvalue weighted by molar-refractivity contribution is 7.20. The van der Waals surface area contributed by atoms with Crippen molar-refractivity contribution in [1.82, 2.24) is 14.8 Å². The van der Waals surface area contributed by atoms with Crippen molar-refractivity contribution in [2.45, 2.75) is 13.5 Å². The van der Waals surface area contributed by atoms with Gasteiger partial charge in [-0.2, -0.15) is 5.10 Å². The average molecular weight is 408 g/mol. The van der Waals surface area contributed by atoms with Gasteiger partial charge in [0.1, 0.15) is 5.69 Å². The van der Waals surface area contributed by atoms with Crippen LogP contribution in [0.5, 0.6) is 0 Å². The number of halogens is 2. The van der Waals surface area contributed by atoms with Gasteiger partial charge in [-0.3, -0.25) is 4.79 Å². The highest BCUT2D eigenvalue weighted by Crippen LogP contribution is 2.32. The summed E-state index contributed by atoms with van der Waals surface area (Å²) in [5, 5.41) is 8.39. The van der Waals surface area contributed by atoms with Crippen molar-refractivity contribution in [2.24, 2.45) is 0 Å². The van der Waals surface area contributed by atoms with E-state index in [1.807, 2.05) is 30.5 Å². The summed E-state index contributed by atoms with van der Waals surface area (Å²) < 4.78 is 2.27. The Morgan fingerprint density at radius 2 is 2.04 bits per heavy atom. The second kappa shape index (κ2) is 6.53. The van der Waals surface area contributed by atoms with Crippen molar-refractivity contribution >= 4 is 56.1 Å². The molecule has 8 heteroatoms. The molecule has 4 nitrogen and oxygen atoms in total. The fraction of sp³-hybridized carbons (Fsp3) is 0.118. The Morgan fingerprint density at radius 3 is 2.76 bits per heavy atom. The molecule has 0 bridgehead atoms. The third-order valence-corrected chi connectivity index (χ3v) is 6.27. The number of thiophene rings is 1. The Bertz CT molecular complexity index is 1130. The molecule has 4 rings (SSSR count). The summed E-state index contributed by atoms with van der Waals surface area (Å²) in [6, 6.07) is 9.27. The van der Waals surface area contributed by atoms with Crippen molar-refractivity contribution in [2.75, 3.05) is 0 Å². The topological polar surface area (TPSA) is 47.8 Å². The first-order valence-corrected chi connectivity index (χ1v) is 9.84. The van der Waals surface area contributed by atoms with Gasteiger partial charge in [-0.05, 0) is 36.1 Å². The molecular weight excluding hydrogens is 397 g/mol. The number of aromatic nitrogens is 3. The van der Waals surface area contributed by atoms with Crippen LogP contribution in [0.1, 0.15) is 10.6 Å². The maximum Gasteiger partial charge on any atom is 0.294 e. The van der Waals surface area contributed by atoms with E-state index in [4.69, 9.17) is 23.2 Å². The third-order valence-electron chi connectivity index (χ3n) is 3.68. The largest absolute Gasteiger partial charge is 0.294 e. The maximum absolute atomic E-state index is 12.8. The zero-order chi connectivity index (χ0) is 17.6. The van der Waals surface area contributed by atoms with Gasteiger partial charge in [0.2, 0.25) is 0 Å². The lowest BCUT2D eigenvalue weighted by Gasteiger charge is -2.08. The van der Waals surface area contributed by atoms with Gasteiger partial charge in [0.05, 0.1) is 31.2 Å². The number of hydrogen-bond acceptors (Lipinski definition) is 5. The summed E-state index contributed by atoms with van der Waals surface area (Å²) in [6.45, 7) is 2.20. The van der Waals surface area contributed by atoms with Crippen LogP contribution in [0.3, 0.4) is 0 Å². The van der Waals surface area contributed by atoms with Crippen molar-refractivity contribution < 1.29 is 0 Å². The summed E-state index contributed by atoms with van der Waals surface area (Å²) in [7, 11) is 0. The van der Waals surface area contributed by atoms with Gasteiger partial charge in [-0.1, -0.05) is 35.3 Å². The van der Waals surface area contributed by atoms with Gasteiger partial charge >= 0.3 is 0 Å². The van der Waals surface area contributed by atoms with E-state index in [9.17, 15) is 4.79 Å². The van der Waals surface area contributed by atoms with Crippen molar-refractivity contribution in [1.29, 1.82) is 0 Å². The van der Waals surface area contributed by atoms with Gasteiger partial charge < -0.3 is 0 Å². The summed E-state index contributed by atoms with van der Waals surface area (Å²) in [6.07, 6.45) is 0. The van der Waals surface area contributed by atoms with Gasteiger partial charge in [0, 0.05) is 0 Å². The molecule has 3 aromatic heterocycles. The van der Waals surface area contributed by atoms with Crippen LogP contribution in [0.15, 0.2) is 40.5 Å². The quantitative estimate of drug-likeness (QED) is 0.466. The number of rotatable bonds is 3. The van der Waals surface area contributed by atoms with Crippen molar-refractivity contribution in [3.63, 3.8) is 0 Å². The summed E-state index contributed by atoms with van der Waals surface area (Å²) in [4.78, 5) is 18.2. The zero-order valence-electron chi connectivity index (χ0n) is 13.0. The molecule has 25 heavy (non-hydrogen) atoms. The first-order chi connectivity index (χ1) is 12.0. The van der Waals surface area contributed by atoms with E-state index in [2.05, 4.69) is 10.1 Å². The molecule has 0 amide bonds. The molecule has 0 N–H and O–H groups in total. The smallest absolute Gasteiger partial charge is 0.265 e. The molecule has 0 aliphatic heterocycles. The minimum atomic E-state index is -0.203. The molecule has 4 aromatic rings. The zero-order valence-corrected chi connectivity index (χ0v) is 16.1. The number of hydrogen-bond donors (Lipinski definition) is 0. The van der Waals surface area contributed by atoms with Gasteiger partial charge in [-0.25, -0.2) is 9.67 Å². The molecule has 0 fully saturated rings. The molecule has 0 aliphatic carbocycles. The second-order valence-corrected chi connectivity index (χ2v) is 8.41. The molecule has 0 saturated carbocycles. The van der Waals surface area contributed by atoms with E-state index in [0.29, 0.717) is 22.1 Å². The van der Waals surface area contributed by atoms with Crippen LogP contribution in [-0.2, 0) is 6.54 Å². The minimum Gasteiger partial charge on any atom is -0.265 e. The number of thiazole rings is 1. The van der Waals surface area contributed by atoms with Crippen LogP contribution in [0, 0.1) is 6.92 Å². The SMILES string of the molecule is Cc1nc2c(=O)n(Cc3ccc(Cl)c(Cl)c3)nc(-c3cccs3)c2s1.